The van der Waals surface area contributed by atoms with Crippen LogP contribution in [0.1, 0.15) is 32.8 Å². The third kappa shape index (κ3) is 6.61. The van der Waals surface area contributed by atoms with Crippen LogP contribution in [0.3, 0.4) is 0 Å². The first-order valence-corrected chi connectivity index (χ1v) is 10.7. The Hall–Kier alpha value is -1.03. The summed E-state index contributed by atoms with van der Waals surface area (Å²) in [5.41, 5.74) is 1.92. The Morgan fingerprint density at radius 1 is 1.27 bits per heavy atom. The molecule has 1 aliphatic rings. The first-order valence-electron chi connectivity index (χ1n) is 9.04. The number of halogens is 1. The second kappa shape index (κ2) is 11.0. The molecule has 0 spiro atoms. The van der Waals surface area contributed by atoms with Crippen LogP contribution in [0.5, 0.6) is 0 Å². The summed E-state index contributed by atoms with van der Waals surface area (Å²) in [5.74, 6) is 1.33. The highest BCUT2D eigenvalue weighted by Gasteiger charge is 2.28. The van der Waals surface area contributed by atoms with Gasteiger partial charge in [-0.25, -0.2) is 8.42 Å². The van der Waals surface area contributed by atoms with Crippen molar-refractivity contribution >= 4 is 45.6 Å². The molecule has 2 rings (SSSR count). The Balaban J connectivity index is 0.00000338. The zero-order valence-corrected chi connectivity index (χ0v) is 19.0. The highest BCUT2D eigenvalue weighted by Crippen LogP contribution is 2.29. The average Bonchev–Trinajstić information content (AvgIpc) is 2.99. The Morgan fingerprint density at radius 2 is 2.00 bits per heavy atom. The number of sulfonamides is 1. The first kappa shape index (κ1) is 23.0. The van der Waals surface area contributed by atoms with Gasteiger partial charge in [0, 0.05) is 26.2 Å². The fraction of sp³-hybridized carbons (Fsp3) is 0.611. The molecule has 26 heavy (non-hydrogen) atoms. The van der Waals surface area contributed by atoms with Crippen molar-refractivity contribution in [3.05, 3.63) is 29.8 Å². The van der Waals surface area contributed by atoms with Gasteiger partial charge in [-0.1, -0.05) is 32.0 Å². The minimum Gasteiger partial charge on any atom is -0.357 e. The number of fused-ring (bicyclic) bond motifs is 1. The van der Waals surface area contributed by atoms with Gasteiger partial charge in [-0.05, 0) is 37.3 Å². The van der Waals surface area contributed by atoms with E-state index in [9.17, 15) is 8.42 Å². The van der Waals surface area contributed by atoms with E-state index in [1.807, 2.05) is 31.2 Å². The van der Waals surface area contributed by atoms with Crippen molar-refractivity contribution in [3.8, 4) is 0 Å². The molecule has 0 saturated carbocycles. The van der Waals surface area contributed by atoms with Gasteiger partial charge in [0.05, 0.1) is 11.4 Å². The lowest BCUT2D eigenvalue weighted by Crippen LogP contribution is -2.42. The molecular weight excluding hydrogens is 463 g/mol. The van der Waals surface area contributed by atoms with Crippen molar-refractivity contribution in [2.75, 3.05) is 36.2 Å². The van der Waals surface area contributed by atoms with E-state index in [0.717, 1.165) is 37.2 Å². The number of rotatable bonds is 8. The van der Waals surface area contributed by atoms with E-state index in [-0.39, 0.29) is 29.7 Å². The molecule has 1 aromatic carbocycles. The maximum absolute atomic E-state index is 12.7. The highest BCUT2D eigenvalue weighted by atomic mass is 127. The van der Waals surface area contributed by atoms with E-state index in [2.05, 4.69) is 29.5 Å². The number of hydrogen-bond donors (Lipinski definition) is 2. The zero-order valence-electron chi connectivity index (χ0n) is 15.9. The SMILES string of the molecule is CCNC(=NCCC(C)C)NCCS(=O)(=O)N1CCc2ccccc21.I. The first-order chi connectivity index (χ1) is 11.9. The zero-order chi connectivity index (χ0) is 18.3. The Kier molecular flexibility index (Phi) is 9.70. The number of para-hydroxylation sites is 1. The standard InChI is InChI=1S/C18H30N4O2S.HI/c1-4-19-18(20-11-9-15(2)3)21-12-14-25(23,24)22-13-10-16-7-5-6-8-17(16)22;/h5-8,15H,4,9-14H2,1-3H3,(H2,19,20,21);1H. The van der Waals surface area contributed by atoms with Crippen molar-refractivity contribution in [2.45, 2.75) is 33.6 Å². The minimum absolute atomic E-state index is 0. The van der Waals surface area contributed by atoms with E-state index in [1.54, 1.807) is 0 Å². The predicted octanol–water partition coefficient (Wildman–Crippen LogP) is 2.60. The predicted molar refractivity (Wildman–Crippen MR) is 120 cm³/mol. The molecule has 8 heteroatoms. The monoisotopic (exact) mass is 494 g/mol. The summed E-state index contributed by atoms with van der Waals surface area (Å²) >= 11 is 0. The molecule has 1 heterocycles. The van der Waals surface area contributed by atoms with Gasteiger partial charge in [-0.3, -0.25) is 9.30 Å². The number of benzene rings is 1. The second-order valence-electron chi connectivity index (χ2n) is 6.64. The number of guanidine groups is 1. The van der Waals surface area contributed by atoms with Gasteiger partial charge in [0.2, 0.25) is 10.0 Å². The van der Waals surface area contributed by atoms with E-state index in [1.165, 1.54) is 4.31 Å². The van der Waals surface area contributed by atoms with Crippen LogP contribution >= 0.6 is 24.0 Å². The fourth-order valence-corrected chi connectivity index (χ4v) is 4.21. The molecule has 0 atom stereocenters. The van der Waals surface area contributed by atoms with Crippen LogP contribution in [-0.4, -0.2) is 46.3 Å². The van der Waals surface area contributed by atoms with E-state index < -0.39 is 10.0 Å². The summed E-state index contributed by atoms with van der Waals surface area (Å²) in [7, 11) is -3.33. The molecular formula is C18H31IN4O2S. The quantitative estimate of drug-likeness (QED) is 0.331. The van der Waals surface area contributed by atoms with Crippen molar-refractivity contribution < 1.29 is 8.42 Å². The molecule has 148 valence electrons. The lowest BCUT2D eigenvalue weighted by molar-refractivity contribution is 0.590. The molecule has 0 bridgehead atoms. The minimum atomic E-state index is -3.33. The fourth-order valence-electron chi connectivity index (χ4n) is 2.78. The summed E-state index contributed by atoms with van der Waals surface area (Å²) in [4.78, 5) is 4.49. The van der Waals surface area contributed by atoms with Crippen LogP contribution in [0, 0.1) is 5.92 Å². The summed E-state index contributed by atoms with van der Waals surface area (Å²) < 4.78 is 26.9. The van der Waals surface area contributed by atoms with Crippen LogP contribution in [0.2, 0.25) is 0 Å². The Bertz CT molecular complexity index is 692. The van der Waals surface area contributed by atoms with Crippen molar-refractivity contribution in [2.24, 2.45) is 10.9 Å². The molecule has 0 fully saturated rings. The molecule has 6 nitrogen and oxygen atoms in total. The van der Waals surface area contributed by atoms with E-state index in [4.69, 9.17) is 0 Å². The molecule has 1 aromatic rings. The number of hydrogen-bond acceptors (Lipinski definition) is 3. The van der Waals surface area contributed by atoms with Crippen molar-refractivity contribution in [1.82, 2.24) is 10.6 Å². The van der Waals surface area contributed by atoms with Crippen LogP contribution < -0.4 is 14.9 Å². The number of nitrogens with zero attached hydrogens (tertiary/aromatic N) is 2. The largest absolute Gasteiger partial charge is 0.357 e. The molecule has 0 unspecified atom stereocenters. The molecule has 0 saturated heterocycles. The van der Waals surface area contributed by atoms with Crippen molar-refractivity contribution in [1.29, 1.82) is 0 Å². The molecule has 0 aliphatic carbocycles. The van der Waals surface area contributed by atoms with E-state index in [0.29, 0.717) is 25.0 Å². The topological polar surface area (TPSA) is 73.8 Å². The highest BCUT2D eigenvalue weighted by molar-refractivity contribution is 14.0. The number of nitrogens with one attached hydrogen (secondary N) is 2. The second-order valence-corrected chi connectivity index (χ2v) is 8.65. The lowest BCUT2D eigenvalue weighted by Gasteiger charge is -2.20. The van der Waals surface area contributed by atoms with Crippen LogP contribution in [-0.2, 0) is 16.4 Å². The van der Waals surface area contributed by atoms with Gasteiger partial charge in [-0.15, -0.1) is 24.0 Å². The molecule has 0 amide bonds. The van der Waals surface area contributed by atoms with Gasteiger partial charge in [-0.2, -0.15) is 0 Å². The van der Waals surface area contributed by atoms with Crippen LogP contribution in [0.25, 0.3) is 0 Å². The smallest absolute Gasteiger partial charge is 0.236 e. The van der Waals surface area contributed by atoms with Crippen molar-refractivity contribution in [3.63, 3.8) is 0 Å². The van der Waals surface area contributed by atoms with Gasteiger partial charge in [0.15, 0.2) is 5.96 Å². The molecule has 0 aromatic heterocycles. The molecule has 0 radical (unpaired) electrons. The average molecular weight is 494 g/mol. The summed E-state index contributed by atoms with van der Waals surface area (Å²) in [6, 6.07) is 7.71. The summed E-state index contributed by atoms with van der Waals surface area (Å²) in [6.07, 6.45) is 1.79. The van der Waals surface area contributed by atoms with Gasteiger partial charge in [0.1, 0.15) is 0 Å². The lowest BCUT2D eigenvalue weighted by atomic mass is 10.1. The summed E-state index contributed by atoms with van der Waals surface area (Å²) in [6.45, 7) is 8.68. The van der Waals surface area contributed by atoms with E-state index >= 15 is 0 Å². The summed E-state index contributed by atoms with van der Waals surface area (Å²) in [5, 5.41) is 6.29. The maximum Gasteiger partial charge on any atom is 0.236 e. The van der Waals surface area contributed by atoms with Crippen LogP contribution in [0.4, 0.5) is 5.69 Å². The van der Waals surface area contributed by atoms with Crippen LogP contribution in [0.15, 0.2) is 29.3 Å². The maximum atomic E-state index is 12.7. The molecule has 2 N–H and O–H groups in total. The Labute approximate surface area is 174 Å². The normalized spacial score (nSPS) is 14.2. The van der Waals surface area contributed by atoms with Gasteiger partial charge in [0.25, 0.3) is 0 Å². The third-order valence-corrected chi connectivity index (χ3v) is 5.92. The van der Waals surface area contributed by atoms with Gasteiger partial charge < -0.3 is 10.6 Å². The molecule has 1 aliphatic heterocycles. The Morgan fingerprint density at radius 3 is 2.69 bits per heavy atom. The third-order valence-electron chi connectivity index (χ3n) is 4.15. The number of anilines is 1. The number of aliphatic imine (C=N–C) groups is 1. The van der Waals surface area contributed by atoms with Gasteiger partial charge >= 0.3 is 0 Å².